The Balaban J connectivity index is 1.91. The zero-order chi connectivity index (χ0) is 21.1. The monoisotopic (exact) mass is 398 g/mol. The fourth-order valence-electron chi connectivity index (χ4n) is 4.25. The summed E-state index contributed by atoms with van der Waals surface area (Å²) in [5, 5.41) is 9.90. The fraction of sp³-hybridized carbons (Fsp3) is 0.391. The van der Waals surface area contributed by atoms with E-state index >= 15 is 0 Å². The van der Waals surface area contributed by atoms with Gasteiger partial charge in [0, 0.05) is 31.0 Å². The van der Waals surface area contributed by atoms with Crippen LogP contribution < -0.4 is 0 Å². The van der Waals surface area contributed by atoms with Gasteiger partial charge in [-0.05, 0) is 37.6 Å². The van der Waals surface area contributed by atoms with Crippen LogP contribution in [-0.4, -0.2) is 58.0 Å². The molecule has 1 aliphatic heterocycles. The molecular weight excluding hydrogens is 371 g/mol. The van der Waals surface area contributed by atoms with Gasteiger partial charge in [0.2, 0.25) is 5.91 Å². The highest BCUT2D eigenvalue weighted by atomic mass is 19.1. The molecule has 3 rings (SSSR count). The van der Waals surface area contributed by atoms with Gasteiger partial charge in [-0.1, -0.05) is 36.4 Å². The fourth-order valence-corrected chi connectivity index (χ4v) is 4.25. The van der Waals surface area contributed by atoms with Crippen molar-refractivity contribution in [3.63, 3.8) is 0 Å². The van der Waals surface area contributed by atoms with Gasteiger partial charge in [-0.3, -0.25) is 9.59 Å². The number of nitrogens with zero attached hydrogens (tertiary/aromatic N) is 2. The summed E-state index contributed by atoms with van der Waals surface area (Å²) in [6.45, 7) is 5.44. The molecule has 0 aliphatic carbocycles. The minimum atomic E-state index is -0.462. The molecule has 2 amide bonds. The Labute approximate surface area is 170 Å². The molecule has 1 saturated heterocycles. The van der Waals surface area contributed by atoms with Crippen molar-refractivity contribution in [3.05, 3.63) is 71.5 Å². The summed E-state index contributed by atoms with van der Waals surface area (Å²) in [6.07, 6.45) is 0. The normalized spacial score (nSPS) is 21.0. The minimum absolute atomic E-state index is 0.0772. The van der Waals surface area contributed by atoms with Crippen molar-refractivity contribution in [1.29, 1.82) is 0 Å². The molecule has 0 aromatic heterocycles. The van der Waals surface area contributed by atoms with Gasteiger partial charge in [0.15, 0.2) is 0 Å². The lowest BCUT2D eigenvalue weighted by atomic mass is 9.74. The molecule has 154 valence electrons. The molecule has 5 nitrogen and oxygen atoms in total. The SMILES string of the molecule is CC(=O)N1[C@H](CN(C(=O)c2cccc(F)c2)C(C)C)[C@@H](c2ccccc2)[C@@H]1CO. The number of amides is 2. The van der Waals surface area contributed by atoms with E-state index in [1.165, 1.54) is 25.1 Å². The summed E-state index contributed by atoms with van der Waals surface area (Å²) in [6, 6.07) is 14.7. The number of aliphatic hydroxyl groups is 1. The maximum absolute atomic E-state index is 13.6. The second-order valence-electron chi connectivity index (χ2n) is 7.74. The first kappa shape index (κ1) is 21.0. The standard InChI is InChI=1S/C23H27FN2O3/c1-15(2)25(23(29)18-10-7-11-19(24)12-18)13-20-22(17-8-5-4-6-9-17)21(14-27)26(20)16(3)28/h4-12,15,20-22,27H,13-14H2,1-3H3/t20-,21+,22-/m1/s1. The third-order valence-electron chi connectivity index (χ3n) is 5.62. The Morgan fingerprint density at radius 2 is 1.79 bits per heavy atom. The smallest absolute Gasteiger partial charge is 0.254 e. The third kappa shape index (κ3) is 4.17. The van der Waals surface area contributed by atoms with Gasteiger partial charge < -0.3 is 14.9 Å². The molecule has 0 spiro atoms. The summed E-state index contributed by atoms with van der Waals surface area (Å²) in [4.78, 5) is 28.7. The van der Waals surface area contributed by atoms with Gasteiger partial charge in [0.05, 0.1) is 18.7 Å². The predicted molar refractivity (Wildman–Crippen MR) is 109 cm³/mol. The number of carbonyl (C=O) groups is 2. The average Bonchev–Trinajstić information content (AvgIpc) is 2.67. The number of rotatable bonds is 6. The van der Waals surface area contributed by atoms with Crippen LogP contribution in [-0.2, 0) is 4.79 Å². The van der Waals surface area contributed by atoms with Crippen LogP contribution in [0.25, 0.3) is 0 Å². The summed E-state index contributed by atoms with van der Waals surface area (Å²) in [5.74, 6) is -0.951. The van der Waals surface area contributed by atoms with E-state index in [9.17, 15) is 19.1 Å². The van der Waals surface area contributed by atoms with E-state index < -0.39 is 5.82 Å². The van der Waals surface area contributed by atoms with Crippen molar-refractivity contribution in [3.8, 4) is 0 Å². The van der Waals surface area contributed by atoms with Gasteiger partial charge >= 0.3 is 0 Å². The van der Waals surface area contributed by atoms with E-state index in [4.69, 9.17) is 0 Å². The molecule has 1 N–H and O–H groups in total. The highest BCUT2D eigenvalue weighted by Crippen LogP contribution is 2.41. The number of aliphatic hydroxyl groups excluding tert-OH is 1. The van der Waals surface area contributed by atoms with Crippen molar-refractivity contribution in [2.45, 2.75) is 44.8 Å². The van der Waals surface area contributed by atoms with Crippen molar-refractivity contribution >= 4 is 11.8 Å². The predicted octanol–water partition coefficient (Wildman–Crippen LogP) is 3.05. The summed E-state index contributed by atoms with van der Waals surface area (Å²) in [7, 11) is 0. The molecule has 0 radical (unpaired) electrons. The number of likely N-dealkylation sites (tertiary alicyclic amines) is 1. The van der Waals surface area contributed by atoms with Crippen molar-refractivity contribution in [1.82, 2.24) is 9.80 Å². The van der Waals surface area contributed by atoms with Crippen LogP contribution in [0.2, 0.25) is 0 Å². The second kappa shape index (κ2) is 8.74. The maximum Gasteiger partial charge on any atom is 0.254 e. The van der Waals surface area contributed by atoms with Crippen LogP contribution in [0.3, 0.4) is 0 Å². The number of halogens is 1. The first-order valence-electron chi connectivity index (χ1n) is 9.86. The van der Waals surface area contributed by atoms with Crippen molar-refractivity contribution in [2.24, 2.45) is 0 Å². The van der Waals surface area contributed by atoms with E-state index in [2.05, 4.69) is 0 Å². The first-order valence-corrected chi connectivity index (χ1v) is 9.86. The van der Waals surface area contributed by atoms with E-state index in [0.29, 0.717) is 6.54 Å². The first-order chi connectivity index (χ1) is 13.8. The van der Waals surface area contributed by atoms with E-state index in [1.807, 2.05) is 44.2 Å². The molecule has 0 bridgehead atoms. The molecule has 2 aromatic carbocycles. The Morgan fingerprint density at radius 3 is 2.34 bits per heavy atom. The largest absolute Gasteiger partial charge is 0.394 e. The summed E-state index contributed by atoms with van der Waals surface area (Å²) < 4.78 is 13.6. The van der Waals surface area contributed by atoms with Gasteiger partial charge in [-0.2, -0.15) is 0 Å². The van der Waals surface area contributed by atoms with Crippen molar-refractivity contribution in [2.75, 3.05) is 13.2 Å². The zero-order valence-corrected chi connectivity index (χ0v) is 17.0. The van der Waals surface area contributed by atoms with Crippen LogP contribution in [0, 0.1) is 5.82 Å². The van der Waals surface area contributed by atoms with E-state index in [1.54, 1.807) is 15.9 Å². The van der Waals surface area contributed by atoms with Crippen LogP contribution in [0.4, 0.5) is 4.39 Å². The van der Waals surface area contributed by atoms with Crippen molar-refractivity contribution < 1.29 is 19.1 Å². The van der Waals surface area contributed by atoms with Gasteiger partial charge in [-0.15, -0.1) is 0 Å². The Hall–Kier alpha value is -2.73. The Morgan fingerprint density at radius 1 is 1.10 bits per heavy atom. The van der Waals surface area contributed by atoms with Gasteiger partial charge in [0.1, 0.15) is 5.82 Å². The number of carbonyl (C=O) groups excluding carboxylic acids is 2. The van der Waals surface area contributed by atoms with E-state index in [-0.39, 0.29) is 48.0 Å². The topological polar surface area (TPSA) is 60.9 Å². The Kier molecular flexibility index (Phi) is 6.33. The van der Waals surface area contributed by atoms with Crippen LogP contribution in [0.15, 0.2) is 54.6 Å². The summed E-state index contributed by atoms with van der Waals surface area (Å²) >= 11 is 0. The number of benzene rings is 2. The minimum Gasteiger partial charge on any atom is -0.394 e. The lowest BCUT2D eigenvalue weighted by molar-refractivity contribution is -0.149. The number of hydrogen-bond donors (Lipinski definition) is 1. The van der Waals surface area contributed by atoms with Gasteiger partial charge in [-0.25, -0.2) is 4.39 Å². The Bertz CT molecular complexity index is 871. The molecule has 2 aromatic rings. The van der Waals surface area contributed by atoms with Crippen LogP contribution >= 0.6 is 0 Å². The molecule has 6 heteroatoms. The van der Waals surface area contributed by atoms with Gasteiger partial charge in [0.25, 0.3) is 5.91 Å². The van der Waals surface area contributed by atoms with E-state index in [0.717, 1.165) is 5.56 Å². The highest BCUT2D eigenvalue weighted by molar-refractivity contribution is 5.94. The molecule has 1 heterocycles. The lowest BCUT2D eigenvalue weighted by Gasteiger charge is -2.56. The third-order valence-corrected chi connectivity index (χ3v) is 5.62. The summed E-state index contributed by atoms with van der Waals surface area (Å²) in [5.41, 5.74) is 1.30. The average molecular weight is 398 g/mol. The molecular formula is C23H27FN2O3. The molecule has 0 unspecified atom stereocenters. The van der Waals surface area contributed by atoms with Crippen LogP contribution in [0.5, 0.6) is 0 Å². The lowest BCUT2D eigenvalue weighted by Crippen LogP contribution is -2.68. The molecule has 0 saturated carbocycles. The molecule has 1 aliphatic rings. The zero-order valence-electron chi connectivity index (χ0n) is 17.0. The maximum atomic E-state index is 13.6. The second-order valence-corrected chi connectivity index (χ2v) is 7.74. The molecule has 3 atom stereocenters. The number of hydrogen-bond acceptors (Lipinski definition) is 3. The van der Waals surface area contributed by atoms with Crippen LogP contribution in [0.1, 0.15) is 42.6 Å². The highest BCUT2D eigenvalue weighted by Gasteiger charge is 2.51. The molecule has 29 heavy (non-hydrogen) atoms. The quantitative estimate of drug-likeness (QED) is 0.814. The molecule has 1 fully saturated rings.